The van der Waals surface area contributed by atoms with Crippen LogP contribution < -0.4 is 5.32 Å². The number of hydrogen-bond acceptors (Lipinski definition) is 4. The molecule has 1 heterocycles. The first-order chi connectivity index (χ1) is 7.39. The summed E-state index contributed by atoms with van der Waals surface area (Å²) in [5, 5.41) is 8.70. The quantitative estimate of drug-likeness (QED) is 0.799. The minimum atomic E-state index is -0.377. The van der Waals surface area contributed by atoms with Gasteiger partial charge in [0.15, 0.2) is 5.17 Å². The second kappa shape index (κ2) is 4.86. The van der Waals surface area contributed by atoms with Crippen molar-refractivity contribution in [3.8, 4) is 0 Å². The fourth-order valence-corrected chi connectivity index (χ4v) is 2.99. The van der Waals surface area contributed by atoms with E-state index < -0.39 is 0 Å². The maximum Gasteiger partial charge on any atom is 0.240 e. The predicted octanol–water partition coefficient (Wildman–Crippen LogP) is 1.51. The Bertz CT molecular complexity index is 343. The highest BCUT2D eigenvalue weighted by Gasteiger charge is 2.41. The fraction of sp³-hybridized carbons (Fsp3) is 0.700. The van der Waals surface area contributed by atoms with Gasteiger partial charge in [0, 0.05) is 13.8 Å². The molecular formula is C10H17N3O2S. The fourth-order valence-electron chi connectivity index (χ4n) is 1.69. The summed E-state index contributed by atoms with van der Waals surface area (Å²) in [6.07, 6.45) is 1.79. The summed E-state index contributed by atoms with van der Waals surface area (Å²) in [6, 6.07) is 0. The molecule has 1 aliphatic heterocycles. The van der Waals surface area contributed by atoms with Crippen LogP contribution in [0.25, 0.3) is 0 Å². The lowest BCUT2D eigenvalue weighted by atomic mass is 10.2. The molecule has 90 valence electrons. The molecule has 0 aromatic carbocycles. The number of amidine groups is 1. The van der Waals surface area contributed by atoms with Gasteiger partial charge in [-0.1, -0.05) is 25.1 Å². The number of nitrogens with zero attached hydrogens (tertiary/aromatic N) is 2. The molecule has 1 atom stereocenters. The van der Waals surface area contributed by atoms with Crippen molar-refractivity contribution in [2.24, 2.45) is 5.10 Å². The first-order valence-electron chi connectivity index (χ1n) is 5.25. The molecule has 2 amide bonds. The summed E-state index contributed by atoms with van der Waals surface area (Å²) in [6.45, 7) is 6.92. The Kier molecular flexibility index (Phi) is 3.96. The second-order valence-electron chi connectivity index (χ2n) is 3.94. The number of hydrogen-bond donors (Lipinski definition) is 1. The van der Waals surface area contributed by atoms with Crippen molar-refractivity contribution in [1.29, 1.82) is 0 Å². The molecule has 0 aromatic heterocycles. The van der Waals surface area contributed by atoms with Crippen LogP contribution in [0.15, 0.2) is 5.10 Å². The van der Waals surface area contributed by atoms with Gasteiger partial charge >= 0.3 is 0 Å². The minimum absolute atomic E-state index is 0.108. The average Bonchev–Trinajstić information content (AvgIpc) is 2.42. The van der Waals surface area contributed by atoms with Crippen molar-refractivity contribution in [3.05, 3.63) is 0 Å². The smallest absolute Gasteiger partial charge is 0.240 e. The normalized spacial score (nSPS) is 24.2. The Labute approximate surface area is 99.6 Å². The zero-order valence-electron chi connectivity index (χ0n) is 10.0. The zero-order valence-corrected chi connectivity index (χ0v) is 10.8. The predicted molar refractivity (Wildman–Crippen MR) is 64.7 cm³/mol. The van der Waals surface area contributed by atoms with Gasteiger partial charge in [0.2, 0.25) is 11.8 Å². The molecule has 0 aliphatic carbocycles. The van der Waals surface area contributed by atoms with E-state index in [1.165, 1.54) is 30.6 Å². The lowest BCUT2D eigenvalue weighted by Crippen LogP contribution is -2.39. The highest BCUT2D eigenvalue weighted by atomic mass is 32.2. The van der Waals surface area contributed by atoms with Gasteiger partial charge in [0.1, 0.15) is 4.87 Å². The van der Waals surface area contributed by atoms with Crippen LogP contribution in [0.3, 0.4) is 0 Å². The van der Waals surface area contributed by atoms with Crippen LogP contribution in [0.1, 0.15) is 40.5 Å². The van der Waals surface area contributed by atoms with E-state index in [1.54, 1.807) is 0 Å². The topological polar surface area (TPSA) is 61.8 Å². The van der Waals surface area contributed by atoms with Crippen molar-refractivity contribution >= 4 is 28.7 Å². The highest BCUT2D eigenvalue weighted by molar-refractivity contribution is 8.15. The number of rotatable bonds is 2. The third kappa shape index (κ3) is 2.75. The summed E-state index contributed by atoms with van der Waals surface area (Å²) in [4.78, 5) is 22.0. The molecule has 0 unspecified atom stereocenters. The van der Waals surface area contributed by atoms with Crippen molar-refractivity contribution < 1.29 is 9.59 Å². The third-order valence-electron chi connectivity index (χ3n) is 2.25. The van der Waals surface area contributed by atoms with Gasteiger partial charge < -0.3 is 5.32 Å². The van der Waals surface area contributed by atoms with E-state index in [9.17, 15) is 9.59 Å². The van der Waals surface area contributed by atoms with Crippen molar-refractivity contribution in [1.82, 2.24) is 10.3 Å². The Balaban J connectivity index is 2.85. The molecule has 0 bridgehead atoms. The molecule has 0 aromatic rings. The Morgan fingerprint density at radius 1 is 1.50 bits per heavy atom. The van der Waals surface area contributed by atoms with Crippen molar-refractivity contribution in [2.75, 3.05) is 0 Å². The molecule has 1 rings (SSSR count). The number of nitrogens with one attached hydrogen (secondary N) is 1. The molecule has 1 aliphatic rings. The monoisotopic (exact) mass is 243 g/mol. The lowest BCUT2D eigenvalue weighted by Gasteiger charge is -2.30. The second-order valence-corrected chi connectivity index (χ2v) is 5.41. The van der Waals surface area contributed by atoms with Gasteiger partial charge in [-0.3, -0.25) is 9.59 Å². The summed E-state index contributed by atoms with van der Waals surface area (Å²) in [7, 11) is 0. The van der Waals surface area contributed by atoms with E-state index in [0.29, 0.717) is 5.17 Å². The first kappa shape index (κ1) is 13.0. The number of carbonyl (C=O) groups excluding carboxylic acids is 2. The number of thioether (sulfide) groups is 1. The standard InChI is InChI=1S/C10H17N3O2S/c1-5-6-10(4)13(8(3)15)12-9(16-10)11-7(2)14/h5-6H2,1-4H3,(H,11,12,14)/t10-/m0/s1. The SMILES string of the molecule is CCC[C@]1(C)SC(NC(C)=O)=NN1C(C)=O. The van der Waals surface area contributed by atoms with Crippen molar-refractivity contribution in [2.45, 2.75) is 45.4 Å². The largest absolute Gasteiger partial charge is 0.304 e. The summed E-state index contributed by atoms with van der Waals surface area (Å²) >= 11 is 1.43. The summed E-state index contributed by atoms with van der Waals surface area (Å²) in [5.41, 5.74) is 0. The van der Waals surface area contributed by atoms with E-state index in [4.69, 9.17) is 0 Å². The first-order valence-corrected chi connectivity index (χ1v) is 6.06. The van der Waals surface area contributed by atoms with E-state index in [1.807, 2.05) is 6.92 Å². The van der Waals surface area contributed by atoms with Crippen LogP contribution in [0.4, 0.5) is 0 Å². The molecule has 0 saturated heterocycles. The molecule has 6 heteroatoms. The lowest BCUT2D eigenvalue weighted by molar-refractivity contribution is -0.131. The van der Waals surface area contributed by atoms with Crippen LogP contribution in [-0.4, -0.2) is 26.9 Å². The van der Waals surface area contributed by atoms with Gasteiger partial charge in [0.05, 0.1) is 0 Å². The molecule has 0 fully saturated rings. The summed E-state index contributed by atoms with van der Waals surface area (Å²) < 4.78 is 0. The van der Waals surface area contributed by atoms with Crippen LogP contribution in [-0.2, 0) is 9.59 Å². The van der Waals surface area contributed by atoms with E-state index in [-0.39, 0.29) is 16.7 Å². The Morgan fingerprint density at radius 2 is 2.12 bits per heavy atom. The molecule has 0 radical (unpaired) electrons. The average molecular weight is 243 g/mol. The molecule has 0 spiro atoms. The van der Waals surface area contributed by atoms with Gasteiger partial charge in [-0.15, -0.1) is 5.10 Å². The minimum Gasteiger partial charge on any atom is -0.304 e. The number of hydrazone groups is 1. The zero-order chi connectivity index (χ0) is 12.3. The van der Waals surface area contributed by atoms with Gasteiger partial charge in [-0.2, -0.15) is 0 Å². The van der Waals surface area contributed by atoms with Crippen molar-refractivity contribution in [3.63, 3.8) is 0 Å². The number of carbonyl (C=O) groups is 2. The van der Waals surface area contributed by atoms with Crippen LogP contribution >= 0.6 is 11.8 Å². The van der Waals surface area contributed by atoms with E-state index in [0.717, 1.165) is 12.8 Å². The Morgan fingerprint density at radius 3 is 2.56 bits per heavy atom. The highest BCUT2D eigenvalue weighted by Crippen LogP contribution is 2.39. The van der Waals surface area contributed by atoms with Crippen LogP contribution in [0, 0.1) is 0 Å². The maximum atomic E-state index is 11.5. The molecule has 5 nitrogen and oxygen atoms in total. The maximum absolute atomic E-state index is 11.5. The van der Waals surface area contributed by atoms with E-state index >= 15 is 0 Å². The van der Waals surface area contributed by atoms with Gasteiger partial charge in [-0.25, -0.2) is 5.01 Å². The molecule has 1 N–H and O–H groups in total. The molecule has 16 heavy (non-hydrogen) atoms. The summed E-state index contributed by atoms with van der Waals surface area (Å²) in [5.74, 6) is -0.278. The van der Waals surface area contributed by atoms with E-state index in [2.05, 4.69) is 17.3 Å². The molecule has 0 saturated carbocycles. The van der Waals surface area contributed by atoms with Gasteiger partial charge in [0.25, 0.3) is 0 Å². The Hall–Kier alpha value is -1.04. The molecular weight excluding hydrogens is 226 g/mol. The number of amides is 2. The third-order valence-corrected chi connectivity index (χ3v) is 3.44. The van der Waals surface area contributed by atoms with Gasteiger partial charge in [-0.05, 0) is 13.3 Å². The van der Waals surface area contributed by atoms with Crippen LogP contribution in [0.2, 0.25) is 0 Å². The van der Waals surface area contributed by atoms with Crippen LogP contribution in [0.5, 0.6) is 0 Å².